The highest BCUT2D eigenvalue weighted by atomic mass is 16.8. The van der Waals surface area contributed by atoms with Crippen molar-refractivity contribution in [3.63, 3.8) is 0 Å². The summed E-state index contributed by atoms with van der Waals surface area (Å²) < 4.78 is 48.2. The second kappa shape index (κ2) is 21.5. The molecule has 0 aromatic heterocycles. The van der Waals surface area contributed by atoms with Crippen molar-refractivity contribution < 1.29 is 109 Å². The summed E-state index contributed by atoms with van der Waals surface area (Å²) in [6, 6.07) is 0. The van der Waals surface area contributed by atoms with Crippen LogP contribution >= 0.6 is 0 Å². The third-order valence-corrected chi connectivity index (χ3v) is 22.0. The molecule has 29 atom stereocenters. The van der Waals surface area contributed by atoms with Crippen LogP contribution in [-0.2, 0) is 42.7 Å². The highest BCUT2D eigenvalue weighted by Gasteiger charge is 2.72. The number of hydrogen-bond acceptors (Lipinski definition) is 22. The van der Waals surface area contributed by atoms with Gasteiger partial charge in [0.05, 0.1) is 37.4 Å². The minimum absolute atomic E-state index is 0.0975. The lowest BCUT2D eigenvalue weighted by Crippen LogP contribution is -2.68. The normalized spacial score (nSPS) is 55.0. The van der Waals surface area contributed by atoms with Crippen molar-refractivity contribution in [2.75, 3.05) is 19.8 Å². The van der Waals surface area contributed by atoms with Gasteiger partial charge in [0, 0.05) is 0 Å². The quantitative estimate of drug-likeness (QED) is 0.0878. The van der Waals surface area contributed by atoms with Crippen LogP contribution in [0.25, 0.3) is 0 Å². The van der Waals surface area contributed by atoms with Crippen molar-refractivity contribution in [1.82, 2.24) is 0 Å². The Bertz CT molecular complexity index is 2030. The third kappa shape index (κ3) is 9.65. The molecule has 0 spiro atoms. The van der Waals surface area contributed by atoms with Crippen molar-refractivity contribution in [2.24, 2.45) is 56.2 Å². The molecule has 0 amide bonds. The van der Waals surface area contributed by atoms with Crippen LogP contribution in [0, 0.1) is 56.2 Å². The molecule has 0 bridgehead atoms. The van der Waals surface area contributed by atoms with Crippen LogP contribution in [0.15, 0.2) is 0 Å². The second-order valence-electron chi connectivity index (χ2n) is 26.7. The lowest BCUT2D eigenvalue weighted by Gasteiger charge is -2.73. The molecule has 4 heterocycles. The van der Waals surface area contributed by atoms with Gasteiger partial charge in [-0.1, -0.05) is 48.5 Å². The van der Waals surface area contributed by atoms with Crippen LogP contribution in [0.4, 0.5) is 0 Å². The third-order valence-electron chi connectivity index (χ3n) is 22.0. The first-order valence-electron chi connectivity index (χ1n) is 28.0. The number of fused-ring (bicyclic) bond motifs is 7. The summed E-state index contributed by atoms with van der Waals surface area (Å²) in [4.78, 5) is 15.6. The zero-order valence-corrected chi connectivity index (χ0v) is 45.3. The Labute approximate surface area is 444 Å². The van der Waals surface area contributed by atoms with E-state index in [9.17, 15) is 66.4 Å². The van der Waals surface area contributed by atoms with Gasteiger partial charge >= 0.3 is 5.97 Å². The fraction of sp³-hybridized carbons (Fsp3) is 0.981. The molecule has 22 nitrogen and oxygen atoms in total. The minimum Gasteiger partial charge on any atom is -0.432 e. The van der Waals surface area contributed by atoms with Gasteiger partial charge in [-0.05, 0) is 128 Å². The van der Waals surface area contributed by atoms with E-state index >= 15 is 4.79 Å². The van der Waals surface area contributed by atoms with Gasteiger partial charge in [0.25, 0.3) is 0 Å². The number of carbonyl (C=O) groups is 1. The largest absolute Gasteiger partial charge is 0.432 e. The molecule has 9 aliphatic rings. The van der Waals surface area contributed by atoms with E-state index in [2.05, 4.69) is 48.5 Å². The number of aliphatic hydroxyl groups excluding tert-OH is 13. The number of ether oxygens (including phenoxy) is 8. The van der Waals surface area contributed by atoms with E-state index < -0.39 is 154 Å². The average molecular weight is 1090 g/mol. The van der Waals surface area contributed by atoms with Gasteiger partial charge in [0.2, 0.25) is 6.29 Å². The first-order valence-corrected chi connectivity index (χ1v) is 28.0. The summed E-state index contributed by atoms with van der Waals surface area (Å²) in [7, 11) is 0. The summed E-state index contributed by atoms with van der Waals surface area (Å²) >= 11 is 0. The Morgan fingerprint density at radius 2 is 1.05 bits per heavy atom. The highest BCUT2D eigenvalue weighted by molar-refractivity contribution is 5.78. The van der Waals surface area contributed by atoms with E-state index in [-0.39, 0.29) is 50.9 Å². The molecule has 22 heteroatoms. The molecule has 76 heavy (non-hydrogen) atoms. The van der Waals surface area contributed by atoms with Crippen LogP contribution in [-0.4, -0.2) is 221 Å². The second-order valence-corrected chi connectivity index (χ2v) is 26.7. The van der Waals surface area contributed by atoms with Gasteiger partial charge in [-0.25, -0.2) is 0 Å². The van der Waals surface area contributed by atoms with Crippen molar-refractivity contribution in [3.05, 3.63) is 0 Å². The first kappa shape index (κ1) is 59.3. The summed E-state index contributed by atoms with van der Waals surface area (Å²) in [5.74, 6) is -0.0975. The zero-order chi connectivity index (χ0) is 55.6. The maximum atomic E-state index is 15.6. The van der Waals surface area contributed by atoms with Crippen molar-refractivity contribution in [2.45, 2.75) is 255 Å². The van der Waals surface area contributed by atoms with Crippen LogP contribution < -0.4 is 0 Å². The molecule has 9 fully saturated rings. The molecule has 29 unspecified atom stereocenters. The molecule has 0 aromatic rings. The molecule has 0 aromatic carbocycles. The van der Waals surface area contributed by atoms with Gasteiger partial charge in [-0.3, -0.25) is 4.79 Å². The Kier molecular flexibility index (Phi) is 16.7. The lowest BCUT2D eigenvalue weighted by molar-refractivity contribution is -0.366. The van der Waals surface area contributed by atoms with Gasteiger partial charge in [-0.15, -0.1) is 0 Å². The van der Waals surface area contributed by atoms with Gasteiger partial charge in [-0.2, -0.15) is 0 Å². The Morgan fingerprint density at radius 1 is 0.500 bits per heavy atom. The summed E-state index contributed by atoms with van der Waals surface area (Å²) in [6.07, 6.45) is -23.6. The van der Waals surface area contributed by atoms with Crippen LogP contribution in [0.3, 0.4) is 0 Å². The number of esters is 1. The van der Waals surface area contributed by atoms with Crippen LogP contribution in [0.5, 0.6) is 0 Å². The fourth-order valence-electron chi connectivity index (χ4n) is 17.1. The average Bonchev–Trinajstić information content (AvgIpc) is 3.55. The molecule has 5 saturated carbocycles. The molecular weight excluding hydrogens is 1000 g/mol. The van der Waals surface area contributed by atoms with Crippen LogP contribution in [0.1, 0.15) is 126 Å². The molecular formula is C54H90O22. The Hall–Kier alpha value is -1.33. The molecule has 13 N–H and O–H groups in total. The van der Waals surface area contributed by atoms with E-state index in [1.54, 1.807) is 0 Å². The minimum atomic E-state index is -1.91. The van der Waals surface area contributed by atoms with E-state index in [1.165, 1.54) is 6.92 Å². The molecule has 4 aliphatic heterocycles. The highest BCUT2D eigenvalue weighted by Crippen LogP contribution is 2.77. The smallest absolute Gasteiger partial charge is 0.314 e. The summed E-state index contributed by atoms with van der Waals surface area (Å²) in [6.45, 7) is 15.8. The standard InChI is InChI=1S/C54H90O22/c1-23-32(57)36(61)41(66)45(70-23)75-43-39(64)35(60)28(22-69-44-40(65)37(62)33(58)26(20-55)71-44)73-47(43)76-48(68)54-17-15-49(2,3)19-25(54)24-9-10-30-51(6)13-12-31(74-46-42(67)38(63)34(59)27(21-56)72-46)50(4,5)29(51)11-14-53(30,8)52(24,7)16-18-54/h23-47,55-67H,9-22H2,1-8H3. The maximum Gasteiger partial charge on any atom is 0.314 e. The van der Waals surface area contributed by atoms with Crippen molar-refractivity contribution in [3.8, 4) is 0 Å². The first-order chi connectivity index (χ1) is 35.5. The molecule has 0 radical (unpaired) electrons. The monoisotopic (exact) mass is 1090 g/mol. The Balaban J connectivity index is 0.967. The SMILES string of the molecule is CC1OC(OC2C(OC(=O)C34CCC(C)(C)CC3C3CCC5C6(C)CCC(OC7OC(CO)C(O)C(O)C7O)C(C)(C)C6CCC5(C)C3(C)CC4)OC(COC3OC(CO)C(O)C(O)C3O)C(O)C2O)C(O)C(O)C1O. The van der Waals surface area contributed by atoms with E-state index in [0.717, 1.165) is 38.5 Å². The van der Waals surface area contributed by atoms with E-state index in [0.29, 0.717) is 38.0 Å². The van der Waals surface area contributed by atoms with Gasteiger partial charge in [0.1, 0.15) is 85.5 Å². The van der Waals surface area contributed by atoms with E-state index in [1.807, 2.05) is 0 Å². The maximum absolute atomic E-state index is 15.6. The Morgan fingerprint density at radius 3 is 1.68 bits per heavy atom. The van der Waals surface area contributed by atoms with Gasteiger partial charge < -0.3 is 104 Å². The summed E-state index contributed by atoms with van der Waals surface area (Å²) in [5.41, 5.74) is -2.00. The van der Waals surface area contributed by atoms with Crippen LogP contribution in [0.2, 0.25) is 0 Å². The lowest BCUT2D eigenvalue weighted by atomic mass is 9.31. The fourth-order valence-corrected chi connectivity index (χ4v) is 17.1. The molecule has 5 aliphatic carbocycles. The number of rotatable bonds is 11. The molecule has 438 valence electrons. The topological polar surface area (TPSA) is 354 Å². The zero-order valence-electron chi connectivity index (χ0n) is 45.3. The van der Waals surface area contributed by atoms with E-state index in [4.69, 9.17) is 37.9 Å². The number of hydrogen-bond donors (Lipinski definition) is 13. The number of aliphatic hydroxyl groups is 13. The number of carbonyl (C=O) groups excluding carboxylic acids is 1. The van der Waals surface area contributed by atoms with Gasteiger partial charge in [0.15, 0.2) is 25.0 Å². The molecule has 9 rings (SSSR count). The predicted molar refractivity (Wildman–Crippen MR) is 261 cm³/mol. The predicted octanol–water partition coefficient (Wildman–Crippen LogP) is -0.928. The van der Waals surface area contributed by atoms with Crippen molar-refractivity contribution in [1.29, 1.82) is 0 Å². The summed E-state index contributed by atoms with van der Waals surface area (Å²) in [5, 5.41) is 139. The molecule has 4 saturated heterocycles. The van der Waals surface area contributed by atoms with Crippen molar-refractivity contribution >= 4 is 5.97 Å².